The Morgan fingerprint density at radius 3 is 2.54 bits per heavy atom. The molecule has 2 N–H and O–H groups in total. The average molecular weight is 207 g/mol. The molecule has 6 heteroatoms. The van der Waals surface area contributed by atoms with Crippen molar-refractivity contribution in [3.63, 3.8) is 0 Å². The molecule has 1 saturated heterocycles. The van der Waals surface area contributed by atoms with Crippen molar-refractivity contribution in [1.29, 1.82) is 0 Å². The molecule has 1 fully saturated rings. The van der Waals surface area contributed by atoms with Crippen molar-refractivity contribution in [1.82, 2.24) is 0 Å². The van der Waals surface area contributed by atoms with Crippen LogP contribution in [0.25, 0.3) is 0 Å². The lowest BCUT2D eigenvalue weighted by atomic mass is 10.0. The normalized spacial score (nSPS) is 29.9. The lowest BCUT2D eigenvalue weighted by molar-refractivity contribution is -0.127. The van der Waals surface area contributed by atoms with Gasteiger partial charge in [0.2, 0.25) is 5.91 Å². The maximum Gasteiger partial charge on any atom is 0.224 e. The second kappa shape index (κ2) is 3.63. The molecule has 0 aromatic carbocycles. The van der Waals surface area contributed by atoms with Gasteiger partial charge in [-0.25, -0.2) is 8.42 Å². The minimum atomic E-state index is -3.34. The van der Waals surface area contributed by atoms with Crippen LogP contribution in [0.1, 0.15) is 12.8 Å². The van der Waals surface area contributed by atoms with Crippen LogP contribution in [-0.4, -0.2) is 32.6 Å². The maximum absolute atomic E-state index is 11.2. The fourth-order valence-electron chi connectivity index (χ4n) is 1.45. The summed E-state index contributed by atoms with van der Waals surface area (Å²) >= 11 is 0. The Bertz CT molecular complexity index is 298. The molecule has 13 heavy (non-hydrogen) atoms. The van der Waals surface area contributed by atoms with Crippen molar-refractivity contribution in [3.8, 4) is 0 Å². The number of nitrogens with two attached hydrogens (primary N) is 1. The second-order valence-corrected chi connectivity index (χ2v) is 5.34. The first-order valence-electron chi connectivity index (χ1n) is 4.02. The topological polar surface area (TPSA) is 86.5 Å². The van der Waals surface area contributed by atoms with E-state index in [2.05, 4.69) is 0 Å². The van der Waals surface area contributed by atoms with E-state index in [0.717, 1.165) is 6.26 Å². The van der Waals surface area contributed by atoms with E-state index in [4.69, 9.17) is 10.5 Å². The molecule has 0 saturated carbocycles. The van der Waals surface area contributed by atoms with E-state index in [1.165, 1.54) is 0 Å². The largest absolute Gasteiger partial charge is 0.369 e. The number of carbonyl (C=O) groups excluding carboxylic acids is 1. The lowest BCUT2D eigenvalue weighted by Crippen LogP contribution is -2.42. The summed E-state index contributed by atoms with van der Waals surface area (Å²) in [6.07, 6.45) is 2.23. The van der Waals surface area contributed by atoms with Crippen LogP contribution in [0, 0.1) is 5.92 Å². The van der Waals surface area contributed by atoms with Gasteiger partial charge < -0.3 is 10.5 Å². The van der Waals surface area contributed by atoms with Crippen molar-refractivity contribution in [2.75, 3.05) is 12.9 Å². The Morgan fingerprint density at radius 2 is 2.15 bits per heavy atom. The van der Waals surface area contributed by atoms with E-state index >= 15 is 0 Å². The molecule has 0 radical (unpaired) electrons. The lowest BCUT2D eigenvalue weighted by Gasteiger charge is -2.27. The van der Waals surface area contributed by atoms with Gasteiger partial charge in [-0.3, -0.25) is 4.79 Å². The zero-order chi connectivity index (χ0) is 10.1. The molecule has 5 nitrogen and oxygen atoms in total. The second-order valence-electron chi connectivity index (χ2n) is 3.22. The van der Waals surface area contributed by atoms with Gasteiger partial charge in [-0.2, -0.15) is 0 Å². The fourth-order valence-corrected chi connectivity index (χ4v) is 2.66. The third kappa shape index (κ3) is 2.41. The highest BCUT2D eigenvalue weighted by Gasteiger charge is 2.37. The van der Waals surface area contributed by atoms with Crippen LogP contribution >= 0.6 is 0 Å². The predicted molar refractivity (Wildman–Crippen MR) is 46.5 cm³/mol. The highest BCUT2D eigenvalue weighted by atomic mass is 32.2. The van der Waals surface area contributed by atoms with Gasteiger partial charge in [0.1, 0.15) is 0 Å². The minimum Gasteiger partial charge on any atom is -0.369 e. The van der Waals surface area contributed by atoms with Crippen molar-refractivity contribution < 1.29 is 17.9 Å². The number of ether oxygens (including phenoxy) is 1. The first kappa shape index (κ1) is 10.5. The quantitative estimate of drug-likeness (QED) is 0.646. The molecule has 2 unspecified atom stereocenters. The Morgan fingerprint density at radius 1 is 1.54 bits per heavy atom. The molecule has 1 aliphatic rings. The summed E-state index contributed by atoms with van der Waals surface area (Å²) in [4.78, 5) is 10.9. The molecule has 1 heterocycles. The number of hydrogen-bond donors (Lipinski definition) is 1. The molecule has 76 valence electrons. The summed E-state index contributed by atoms with van der Waals surface area (Å²) in [6, 6.07) is 0. The Hall–Kier alpha value is -0.620. The molecule has 0 spiro atoms. The molecule has 0 bridgehead atoms. The van der Waals surface area contributed by atoms with Gasteiger partial charge in [-0.15, -0.1) is 0 Å². The molecular weight excluding hydrogens is 194 g/mol. The summed E-state index contributed by atoms with van der Waals surface area (Å²) in [5, 5.41) is 0. The average Bonchev–Trinajstić information content (AvgIpc) is 2.03. The van der Waals surface area contributed by atoms with E-state index in [1.807, 2.05) is 0 Å². The Labute approximate surface area is 77.2 Å². The Kier molecular flexibility index (Phi) is 2.92. The molecule has 1 amide bonds. The summed E-state index contributed by atoms with van der Waals surface area (Å²) in [7, 11) is -3.34. The zero-order valence-electron chi connectivity index (χ0n) is 7.39. The number of sulfone groups is 1. The molecule has 0 aromatic rings. The summed E-state index contributed by atoms with van der Waals surface area (Å²) in [5.41, 5.74) is 4.03. The van der Waals surface area contributed by atoms with Crippen LogP contribution in [0.2, 0.25) is 0 Å². The molecule has 1 rings (SSSR count). The van der Waals surface area contributed by atoms with Crippen molar-refractivity contribution in [3.05, 3.63) is 0 Å². The standard InChI is InChI=1S/C7H13NO4S/c1-13(10,11)7-5(6(8)9)3-2-4-12-7/h5,7H,2-4H2,1H3,(H2,8,9). The third-order valence-electron chi connectivity index (χ3n) is 2.06. The van der Waals surface area contributed by atoms with Crippen LogP contribution in [0.4, 0.5) is 0 Å². The van der Waals surface area contributed by atoms with Gasteiger partial charge in [0.05, 0.1) is 5.92 Å². The fraction of sp³-hybridized carbons (Fsp3) is 0.857. The molecule has 1 aliphatic heterocycles. The number of hydrogen-bond acceptors (Lipinski definition) is 4. The summed E-state index contributed by atoms with van der Waals surface area (Å²) in [5.74, 6) is -1.29. The predicted octanol–water partition coefficient (Wildman–Crippen LogP) is -0.731. The van der Waals surface area contributed by atoms with Crippen molar-refractivity contribution in [2.45, 2.75) is 18.3 Å². The Balaban J connectivity index is 2.86. The van der Waals surface area contributed by atoms with Gasteiger partial charge in [0.15, 0.2) is 15.3 Å². The number of primary amides is 1. The van der Waals surface area contributed by atoms with Crippen molar-refractivity contribution >= 4 is 15.7 Å². The van der Waals surface area contributed by atoms with E-state index in [1.54, 1.807) is 0 Å². The van der Waals surface area contributed by atoms with Crippen LogP contribution in [0.15, 0.2) is 0 Å². The first-order chi connectivity index (χ1) is 5.93. The van der Waals surface area contributed by atoms with Gasteiger partial charge in [-0.1, -0.05) is 0 Å². The van der Waals surface area contributed by atoms with E-state index in [-0.39, 0.29) is 0 Å². The van der Waals surface area contributed by atoms with Gasteiger partial charge in [0.25, 0.3) is 0 Å². The van der Waals surface area contributed by atoms with E-state index in [0.29, 0.717) is 19.4 Å². The zero-order valence-corrected chi connectivity index (χ0v) is 8.21. The highest BCUT2D eigenvalue weighted by Crippen LogP contribution is 2.23. The van der Waals surface area contributed by atoms with Crippen molar-refractivity contribution in [2.24, 2.45) is 11.7 Å². The summed E-state index contributed by atoms with van der Waals surface area (Å²) < 4.78 is 27.4. The smallest absolute Gasteiger partial charge is 0.224 e. The monoisotopic (exact) mass is 207 g/mol. The SMILES string of the molecule is CS(=O)(=O)C1OCCCC1C(N)=O. The number of carbonyl (C=O) groups is 1. The number of amides is 1. The third-order valence-corrected chi connectivity index (χ3v) is 3.37. The molecule has 0 aliphatic carbocycles. The molecule has 0 aromatic heterocycles. The summed E-state index contributed by atoms with van der Waals surface area (Å²) in [6.45, 7) is 0.377. The molecule has 2 atom stereocenters. The van der Waals surface area contributed by atoms with Gasteiger partial charge >= 0.3 is 0 Å². The van der Waals surface area contributed by atoms with E-state index in [9.17, 15) is 13.2 Å². The maximum atomic E-state index is 11.2. The number of rotatable bonds is 2. The molecular formula is C7H13NO4S. The van der Waals surface area contributed by atoms with Crippen LogP contribution in [-0.2, 0) is 19.4 Å². The first-order valence-corrected chi connectivity index (χ1v) is 5.98. The highest BCUT2D eigenvalue weighted by molar-refractivity contribution is 7.91. The van der Waals surface area contributed by atoms with Crippen LogP contribution in [0.3, 0.4) is 0 Å². The van der Waals surface area contributed by atoms with E-state index < -0.39 is 27.1 Å². The minimum absolute atomic E-state index is 0.377. The van der Waals surface area contributed by atoms with Crippen LogP contribution < -0.4 is 5.73 Å². The van der Waals surface area contributed by atoms with Crippen LogP contribution in [0.5, 0.6) is 0 Å². The van der Waals surface area contributed by atoms with Gasteiger partial charge in [0, 0.05) is 12.9 Å². The van der Waals surface area contributed by atoms with Gasteiger partial charge in [-0.05, 0) is 12.8 Å².